The zero-order chi connectivity index (χ0) is 35.6. The van der Waals surface area contributed by atoms with Crippen LogP contribution in [0.2, 0.25) is 0 Å². The molecule has 2 aromatic rings. The zero-order valence-electron chi connectivity index (χ0n) is 23.4. The number of nitrogens with zero attached hydrogens (tertiary/aromatic N) is 2. The van der Waals surface area contributed by atoms with E-state index >= 15 is 0 Å². The normalized spacial score (nSPS) is 14.6. The Balaban J connectivity index is 2.30. The lowest BCUT2D eigenvalue weighted by Crippen LogP contribution is -2.74. The van der Waals surface area contributed by atoms with E-state index in [0.717, 1.165) is 44.9 Å². The Morgan fingerprint density at radius 2 is 0.870 bits per heavy atom. The fourth-order valence-electron chi connectivity index (χ4n) is 4.09. The summed E-state index contributed by atoms with van der Waals surface area (Å²) in [4.78, 5) is 7.85. The minimum absolute atomic E-state index is 0.0855. The number of hydrogen-bond donors (Lipinski definition) is 0. The molecule has 0 aliphatic rings. The Hall–Kier alpha value is -2.89. The molecule has 262 valence electrons. The fourth-order valence-corrected chi connectivity index (χ4v) is 4.09. The van der Waals surface area contributed by atoms with Crippen LogP contribution in [0.1, 0.15) is 63.0 Å². The van der Waals surface area contributed by atoms with Crippen LogP contribution in [0.25, 0.3) is 11.4 Å². The summed E-state index contributed by atoms with van der Waals surface area (Å²) in [5.74, 6) is -57.0. The van der Waals surface area contributed by atoms with Crippen LogP contribution in [0.15, 0.2) is 36.7 Å². The third-order valence-electron chi connectivity index (χ3n) is 7.00. The van der Waals surface area contributed by atoms with Crippen molar-refractivity contribution in [1.29, 1.82) is 0 Å². The minimum atomic E-state index is -8.66. The summed E-state index contributed by atoms with van der Waals surface area (Å²) in [5.41, 5.74) is -1.87. The summed E-state index contributed by atoms with van der Waals surface area (Å²) in [7, 11) is 0. The monoisotopic (exact) mass is 700 g/mol. The number of unbranched alkanes of at least 4 members (excludes halogenated alkanes) is 6. The molecule has 19 heteroatoms. The van der Waals surface area contributed by atoms with Crippen LogP contribution in [-0.2, 0) is 12.3 Å². The highest BCUT2D eigenvalue weighted by Crippen LogP contribution is 2.65. The quantitative estimate of drug-likeness (QED) is 0.129. The Kier molecular flexibility index (Phi) is 11.4. The Bertz CT molecular complexity index is 1270. The standard InChI is InChI=1S/C27H25F17N2/c1-2-3-4-5-6-7-8-9-16-14-45-19(46-15-16)17-10-12-18(13-11-17)20(28,29)21(30,31)22(32,33)23(34,35)24(36,37)25(38,39)26(40,41)27(42,43)44/h10-15H,2-9H2,1H3. The van der Waals surface area contributed by atoms with Crippen molar-refractivity contribution in [2.75, 3.05) is 0 Å². The van der Waals surface area contributed by atoms with Crippen molar-refractivity contribution in [3.63, 3.8) is 0 Å². The van der Waals surface area contributed by atoms with E-state index < -0.39 is 53.2 Å². The smallest absolute Gasteiger partial charge is 0.236 e. The average Bonchev–Trinajstić information content (AvgIpc) is 2.96. The van der Waals surface area contributed by atoms with Gasteiger partial charge in [-0.25, -0.2) is 9.97 Å². The second-order valence-corrected chi connectivity index (χ2v) is 10.4. The average molecular weight is 700 g/mol. The molecule has 0 N–H and O–H groups in total. The molecule has 0 atom stereocenters. The molecule has 0 aliphatic carbocycles. The first kappa shape index (κ1) is 39.3. The van der Waals surface area contributed by atoms with Gasteiger partial charge in [0, 0.05) is 23.5 Å². The second-order valence-electron chi connectivity index (χ2n) is 10.4. The Morgan fingerprint density at radius 3 is 1.30 bits per heavy atom. The summed E-state index contributed by atoms with van der Waals surface area (Å²) in [6.07, 6.45) is 2.50. The molecule has 2 nitrogen and oxygen atoms in total. The topological polar surface area (TPSA) is 25.8 Å². The first-order valence-corrected chi connectivity index (χ1v) is 13.4. The molecule has 0 spiro atoms. The number of alkyl halides is 17. The van der Waals surface area contributed by atoms with Gasteiger partial charge in [0.25, 0.3) is 0 Å². The molecule has 1 heterocycles. The van der Waals surface area contributed by atoms with Crippen molar-refractivity contribution in [3.8, 4) is 11.4 Å². The number of hydrogen-bond acceptors (Lipinski definition) is 2. The van der Waals surface area contributed by atoms with Gasteiger partial charge < -0.3 is 0 Å². The number of benzene rings is 1. The van der Waals surface area contributed by atoms with E-state index in [1.807, 2.05) is 0 Å². The SMILES string of the molecule is CCCCCCCCCc1cnc(-c2ccc(C(F)(F)C(F)(F)C(F)(F)C(F)(F)C(F)(F)C(F)(F)C(F)(F)C(F)(F)F)cc2)nc1. The third-order valence-corrected chi connectivity index (χ3v) is 7.00. The largest absolute Gasteiger partial charge is 0.460 e. The summed E-state index contributed by atoms with van der Waals surface area (Å²) < 4.78 is 230. The first-order valence-electron chi connectivity index (χ1n) is 13.4. The molecule has 0 amide bonds. The lowest BCUT2D eigenvalue weighted by molar-refractivity contribution is -0.462. The van der Waals surface area contributed by atoms with Crippen molar-refractivity contribution in [2.24, 2.45) is 0 Å². The molecular formula is C27H25F17N2. The number of aromatic nitrogens is 2. The van der Waals surface area contributed by atoms with Gasteiger partial charge in [-0.2, -0.15) is 74.6 Å². The van der Waals surface area contributed by atoms with Gasteiger partial charge in [-0.3, -0.25) is 0 Å². The van der Waals surface area contributed by atoms with Crippen LogP contribution in [-0.4, -0.2) is 51.7 Å². The molecule has 0 saturated heterocycles. The van der Waals surface area contributed by atoms with Gasteiger partial charge in [0.2, 0.25) is 0 Å². The van der Waals surface area contributed by atoms with Gasteiger partial charge in [0.05, 0.1) is 0 Å². The molecule has 2 rings (SSSR count). The first-order chi connectivity index (χ1) is 20.8. The van der Waals surface area contributed by atoms with E-state index in [-0.39, 0.29) is 23.5 Å². The van der Waals surface area contributed by atoms with Crippen molar-refractivity contribution in [2.45, 2.75) is 106 Å². The molecule has 1 aromatic heterocycles. The Labute approximate surface area is 250 Å². The van der Waals surface area contributed by atoms with Gasteiger partial charge in [0.15, 0.2) is 5.82 Å². The van der Waals surface area contributed by atoms with Crippen LogP contribution in [0.3, 0.4) is 0 Å². The van der Waals surface area contributed by atoms with Crippen LogP contribution < -0.4 is 0 Å². The van der Waals surface area contributed by atoms with Crippen molar-refractivity contribution in [3.05, 3.63) is 47.8 Å². The van der Waals surface area contributed by atoms with Crippen LogP contribution in [0.4, 0.5) is 74.6 Å². The lowest BCUT2D eigenvalue weighted by Gasteiger charge is -2.42. The maximum absolute atomic E-state index is 14.5. The molecule has 0 unspecified atom stereocenters. The molecule has 1 aromatic carbocycles. The van der Waals surface area contributed by atoms with Gasteiger partial charge in [0.1, 0.15) is 0 Å². The van der Waals surface area contributed by atoms with Gasteiger partial charge in [-0.1, -0.05) is 69.7 Å². The fraction of sp³-hybridized carbons (Fsp3) is 0.630. The molecule has 0 radical (unpaired) electrons. The van der Waals surface area contributed by atoms with E-state index in [0.29, 0.717) is 24.1 Å². The third kappa shape index (κ3) is 6.73. The predicted octanol–water partition coefficient (Wildman–Crippen LogP) is 10.9. The Morgan fingerprint density at radius 1 is 0.478 bits per heavy atom. The van der Waals surface area contributed by atoms with Crippen molar-refractivity contribution < 1.29 is 74.6 Å². The van der Waals surface area contributed by atoms with Gasteiger partial charge >= 0.3 is 47.6 Å². The van der Waals surface area contributed by atoms with Crippen LogP contribution >= 0.6 is 0 Å². The summed E-state index contributed by atoms with van der Waals surface area (Å²) in [6, 6.07) is 0.816. The summed E-state index contributed by atoms with van der Waals surface area (Å²) >= 11 is 0. The molecular weight excluding hydrogens is 675 g/mol. The maximum Gasteiger partial charge on any atom is 0.460 e. The van der Waals surface area contributed by atoms with Crippen LogP contribution in [0, 0.1) is 0 Å². The van der Waals surface area contributed by atoms with E-state index in [1.54, 1.807) is 0 Å². The summed E-state index contributed by atoms with van der Waals surface area (Å²) in [6.45, 7) is 2.07. The highest BCUT2D eigenvalue weighted by atomic mass is 19.4. The van der Waals surface area contributed by atoms with E-state index in [2.05, 4.69) is 16.9 Å². The van der Waals surface area contributed by atoms with E-state index in [1.165, 1.54) is 12.4 Å². The highest BCUT2D eigenvalue weighted by molar-refractivity contribution is 5.55. The van der Waals surface area contributed by atoms with E-state index in [4.69, 9.17) is 0 Å². The zero-order valence-corrected chi connectivity index (χ0v) is 23.4. The van der Waals surface area contributed by atoms with Crippen molar-refractivity contribution in [1.82, 2.24) is 9.97 Å². The van der Waals surface area contributed by atoms with Crippen LogP contribution in [0.5, 0.6) is 0 Å². The van der Waals surface area contributed by atoms with Gasteiger partial charge in [-0.15, -0.1) is 0 Å². The second kappa shape index (κ2) is 13.3. The molecule has 46 heavy (non-hydrogen) atoms. The predicted molar refractivity (Wildman–Crippen MR) is 129 cm³/mol. The molecule has 0 fully saturated rings. The summed E-state index contributed by atoms with van der Waals surface area (Å²) in [5, 5.41) is 0. The molecule has 0 bridgehead atoms. The molecule has 0 saturated carbocycles. The van der Waals surface area contributed by atoms with Gasteiger partial charge in [-0.05, 0) is 18.4 Å². The minimum Gasteiger partial charge on any atom is -0.236 e. The highest BCUT2D eigenvalue weighted by Gasteiger charge is 2.95. The lowest BCUT2D eigenvalue weighted by atomic mass is 9.87. The molecule has 0 aliphatic heterocycles. The number of rotatable bonds is 16. The number of halogens is 17. The maximum atomic E-state index is 14.5. The van der Waals surface area contributed by atoms with Crippen molar-refractivity contribution >= 4 is 0 Å². The van der Waals surface area contributed by atoms with E-state index in [9.17, 15) is 74.6 Å². The number of aryl methyl sites for hydroxylation is 1.